The van der Waals surface area contributed by atoms with Gasteiger partial charge in [-0.3, -0.25) is 4.57 Å². The van der Waals surface area contributed by atoms with Gasteiger partial charge >= 0.3 is 0 Å². The molecule has 0 fully saturated rings. The van der Waals surface area contributed by atoms with E-state index in [4.69, 9.17) is 4.98 Å². The second-order valence-electron chi connectivity index (χ2n) is 7.26. The number of nitrogens with zero attached hydrogens (tertiary/aromatic N) is 6. The number of fused-ring (bicyclic) bond motifs is 2. The molecule has 0 radical (unpaired) electrons. The molecule has 5 aromatic rings. The van der Waals surface area contributed by atoms with E-state index in [1.54, 1.807) is 23.9 Å². The van der Waals surface area contributed by atoms with Crippen molar-refractivity contribution in [2.24, 2.45) is 0 Å². The molecule has 5 aromatic heterocycles. The van der Waals surface area contributed by atoms with Crippen LogP contribution in [0.25, 0.3) is 32.6 Å². The number of thiophene rings is 1. The molecule has 0 saturated carbocycles. The van der Waals surface area contributed by atoms with Crippen LogP contribution in [-0.4, -0.2) is 29.1 Å². The molecule has 5 heterocycles. The van der Waals surface area contributed by atoms with Crippen LogP contribution >= 0.6 is 36.2 Å². The van der Waals surface area contributed by atoms with Crippen LogP contribution in [0.4, 0.5) is 0 Å². The summed E-state index contributed by atoms with van der Waals surface area (Å²) in [6.45, 7) is 0. The highest BCUT2D eigenvalue weighted by molar-refractivity contribution is 7.18. The molecule has 31 heavy (non-hydrogen) atoms. The molecule has 1 aliphatic carbocycles. The lowest BCUT2D eigenvalue weighted by molar-refractivity contribution is 0.668. The third-order valence-corrected chi connectivity index (χ3v) is 6.59. The van der Waals surface area contributed by atoms with Crippen LogP contribution in [0.15, 0.2) is 61.4 Å². The molecule has 0 amide bonds. The summed E-state index contributed by atoms with van der Waals surface area (Å²) in [5.41, 5.74) is 5.60. The van der Waals surface area contributed by atoms with Gasteiger partial charge in [0.25, 0.3) is 0 Å². The van der Waals surface area contributed by atoms with Crippen molar-refractivity contribution in [1.29, 1.82) is 0 Å². The summed E-state index contributed by atoms with van der Waals surface area (Å²) in [5.74, 6) is 0.915. The molecule has 6 rings (SSSR count). The van der Waals surface area contributed by atoms with E-state index in [1.165, 1.54) is 24.0 Å². The van der Waals surface area contributed by atoms with Gasteiger partial charge in [-0.25, -0.2) is 9.97 Å². The molecule has 0 saturated heterocycles. The van der Waals surface area contributed by atoms with Crippen LogP contribution in [0, 0.1) is 0 Å². The Morgan fingerprint density at radius 2 is 1.71 bits per heavy atom. The predicted octanol–water partition coefficient (Wildman–Crippen LogP) is 5.43. The Labute approximate surface area is 195 Å². The standard InChI is InChI=1S/C22H18N6S.2ClH/c1-2-6-16-15(5-1)21(25-26-22(16)28-12-10-23-14-28)19-9-8-18(29-19)17-13-27-11-4-3-7-20(27)24-17;;/h3-4,7-14H,1-2,5-6H2;2*1H. The van der Waals surface area contributed by atoms with E-state index in [0.29, 0.717) is 0 Å². The number of hydrogen-bond donors (Lipinski definition) is 0. The Morgan fingerprint density at radius 1 is 0.871 bits per heavy atom. The van der Waals surface area contributed by atoms with E-state index in [1.807, 2.05) is 35.2 Å². The highest BCUT2D eigenvalue weighted by atomic mass is 35.5. The maximum atomic E-state index is 4.75. The van der Waals surface area contributed by atoms with Gasteiger partial charge in [-0.05, 0) is 55.5 Å². The maximum Gasteiger partial charge on any atom is 0.164 e. The van der Waals surface area contributed by atoms with Crippen LogP contribution in [0.5, 0.6) is 0 Å². The van der Waals surface area contributed by atoms with E-state index in [-0.39, 0.29) is 24.8 Å². The molecular formula is C22H20Cl2N6S. The van der Waals surface area contributed by atoms with E-state index in [2.05, 4.69) is 37.9 Å². The minimum absolute atomic E-state index is 0. The molecular weight excluding hydrogens is 451 g/mol. The fraction of sp³-hybridized carbons (Fsp3) is 0.182. The summed E-state index contributed by atoms with van der Waals surface area (Å²) >= 11 is 1.73. The van der Waals surface area contributed by atoms with Crippen molar-refractivity contribution >= 4 is 41.8 Å². The van der Waals surface area contributed by atoms with Gasteiger partial charge in [0.15, 0.2) is 5.82 Å². The van der Waals surface area contributed by atoms with Gasteiger partial charge in [0, 0.05) is 30.4 Å². The normalized spacial score (nSPS) is 12.8. The number of halogens is 2. The van der Waals surface area contributed by atoms with Gasteiger partial charge in [0.05, 0.1) is 15.4 Å². The lowest BCUT2D eigenvalue weighted by atomic mass is 9.90. The smallest absolute Gasteiger partial charge is 0.164 e. The molecule has 6 nitrogen and oxygen atoms in total. The fourth-order valence-electron chi connectivity index (χ4n) is 4.08. The molecule has 0 aliphatic heterocycles. The van der Waals surface area contributed by atoms with E-state index >= 15 is 0 Å². The fourth-order valence-corrected chi connectivity index (χ4v) is 5.05. The molecule has 0 spiro atoms. The van der Waals surface area contributed by atoms with Gasteiger partial charge in [-0.2, -0.15) is 0 Å². The predicted molar refractivity (Wildman–Crippen MR) is 128 cm³/mol. The molecule has 0 unspecified atom stereocenters. The topological polar surface area (TPSA) is 60.9 Å². The van der Waals surface area contributed by atoms with Crippen LogP contribution in [0.3, 0.4) is 0 Å². The Morgan fingerprint density at radius 3 is 2.52 bits per heavy atom. The first-order valence-corrected chi connectivity index (χ1v) is 10.6. The Kier molecular flexibility index (Phi) is 6.09. The van der Waals surface area contributed by atoms with Gasteiger partial charge in [0.2, 0.25) is 0 Å². The molecule has 0 atom stereocenters. The van der Waals surface area contributed by atoms with Crippen LogP contribution < -0.4 is 0 Å². The number of rotatable bonds is 3. The van der Waals surface area contributed by atoms with Crippen LogP contribution in [-0.2, 0) is 12.8 Å². The Hall–Kier alpha value is -2.74. The molecule has 0 aromatic carbocycles. The lowest BCUT2D eigenvalue weighted by Gasteiger charge is -2.20. The third kappa shape index (κ3) is 3.73. The summed E-state index contributed by atoms with van der Waals surface area (Å²) in [5, 5.41) is 9.24. The van der Waals surface area contributed by atoms with Crippen molar-refractivity contribution < 1.29 is 0 Å². The number of imidazole rings is 2. The summed E-state index contributed by atoms with van der Waals surface area (Å²) in [6.07, 6.45) is 14.1. The van der Waals surface area contributed by atoms with Crippen LogP contribution in [0.1, 0.15) is 24.0 Å². The van der Waals surface area contributed by atoms with Crippen LogP contribution in [0.2, 0.25) is 0 Å². The monoisotopic (exact) mass is 470 g/mol. The summed E-state index contributed by atoms with van der Waals surface area (Å²) in [6, 6.07) is 10.3. The molecule has 1 aliphatic rings. The van der Waals surface area contributed by atoms with E-state index in [0.717, 1.165) is 45.4 Å². The average molecular weight is 471 g/mol. The zero-order valence-electron chi connectivity index (χ0n) is 16.5. The van der Waals surface area contributed by atoms with Crippen molar-refractivity contribution in [3.8, 4) is 27.0 Å². The van der Waals surface area contributed by atoms with Gasteiger partial charge in [-0.15, -0.1) is 46.3 Å². The first-order valence-electron chi connectivity index (χ1n) is 9.78. The lowest BCUT2D eigenvalue weighted by Crippen LogP contribution is -2.13. The van der Waals surface area contributed by atoms with Gasteiger partial charge < -0.3 is 4.40 Å². The van der Waals surface area contributed by atoms with Crippen molar-refractivity contribution in [1.82, 2.24) is 29.1 Å². The van der Waals surface area contributed by atoms with E-state index in [9.17, 15) is 0 Å². The molecule has 158 valence electrons. The largest absolute Gasteiger partial charge is 0.306 e. The van der Waals surface area contributed by atoms with Crippen molar-refractivity contribution in [2.45, 2.75) is 25.7 Å². The van der Waals surface area contributed by atoms with Crippen molar-refractivity contribution in [2.75, 3.05) is 0 Å². The Bertz CT molecular complexity index is 1290. The minimum Gasteiger partial charge on any atom is -0.306 e. The number of aromatic nitrogens is 6. The van der Waals surface area contributed by atoms with Crippen molar-refractivity contribution in [3.05, 3.63) is 72.6 Å². The molecule has 9 heteroatoms. The minimum atomic E-state index is 0. The van der Waals surface area contributed by atoms with Crippen molar-refractivity contribution in [3.63, 3.8) is 0 Å². The van der Waals surface area contributed by atoms with Gasteiger partial charge in [0.1, 0.15) is 17.7 Å². The summed E-state index contributed by atoms with van der Waals surface area (Å²) in [7, 11) is 0. The first kappa shape index (κ1) is 21.5. The average Bonchev–Trinajstić information content (AvgIpc) is 3.53. The van der Waals surface area contributed by atoms with Gasteiger partial charge in [-0.1, -0.05) is 6.07 Å². The zero-order chi connectivity index (χ0) is 19.2. The number of pyridine rings is 1. The molecule has 0 bridgehead atoms. The first-order chi connectivity index (χ1) is 14.4. The third-order valence-electron chi connectivity index (χ3n) is 5.47. The summed E-state index contributed by atoms with van der Waals surface area (Å²) in [4.78, 5) is 11.2. The quantitative estimate of drug-likeness (QED) is 0.352. The second kappa shape index (κ2) is 8.78. The summed E-state index contributed by atoms with van der Waals surface area (Å²) < 4.78 is 4.02. The zero-order valence-corrected chi connectivity index (χ0v) is 19.0. The Balaban J connectivity index is 0.00000116. The van der Waals surface area contributed by atoms with E-state index < -0.39 is 0 Å². The SMILES string of the molecule is Cl.Cl.c1ccn2cc(-c3ccc(-c4nnc(-n5ccnc5)c5c4CCCC5)s3)nc2c1. The number of hydrogen-bond acceptors (Lipinski definition) is 5. The molecule has 0 N–H and O–H groups in total. The highest BCUT2D eigenvalue weighted by Crippen LogP contribution is 2.38. The second-order valence-corrected chi connectivity index (χ2v) is 8.35. The maximum absolute atomic E-state index is 4.75. The highest BCUT2D eigenvalue weighted by Gasteiger charge is 2.22.